The number of nitrogens with two attached hydrogens (primary N) is 1. The molecule has 0 saturated carbocycles. The fraction of sp³-hybridized carbons (Fsp3) is 0.500. The number of carbonyl (C=O) groups excluding carboxylic acids is 1. The number of hydrogen-bond acceptors (Lipinski definition) is 4. The van der Waals surface area contributed by atoms with Gasteiger partial charge in [-0.15, -0.1) is 0 Å². The normalized spacial score (nSPS) is 18.6. The molecule has 1 saturated heterocycles. The highest BCUT2D eigenvalue weighted by molar-refractivity contribution is 6.34. The summed E-state index contributed by atoms with van der Waals surface area (Å²) in [6.45, 7) is 2.21. The first kappa shape index (κ1) is 16.4. The molecule has 1 atom stereocenters. The van der Waals surface area contributed by atoms with Crippen LogP contribution in [-0.2, 0) is 16.1 Å². The zero-order valence-electron chi connectivity index (χ0n) is 11.6. The number of hydrogen-bond donors (Lipinski definition) is 1. The van der Waals surface area contributed by atoms with Crippen LogP contribution < -0.4 is 5.73 Å². The van der Waals surface area contributed by atoms with Gasteiger partial charge >= 0.3 is 6.09 Å². The van der Waals surface area contributed by atoms with Gasteiger partial charge in [-0.25, -0.2) is 4.79 Å². The second kappa shape index (κ2) is 7.84. The summed E-state index contributed by atoms with van der Waals surface area (Å²) < 4.78 is 10.8. The van der Waals surface area contributed by atoms with Gasteiger partial charge < -0.3 is 20.1 Å². The van der Waals surface area contributed by atoms with Crippen LogP contribution in [-0.4, -0.2) is 43.3 Å². The third-order valence-corrected chi connectivity index (χ3v) is 3.61. The average Bonchev–Trinajstić information content (AvgIpc) is 2.44. The van der Waals surface area contributed by atoms with E-state index >= 15 is 0 Å². The quantitative estimate of drug-likeness (QED) is 0.920. The smallest absolute Gasteiger partial charge is 0.410 e. The topological polar surface area (TPSA) is 64.8 Å². The van der Waals surface area contributed by atoms with Gasteiger partial charge in [0.2, 0.25) is 0 Å². The van der Waals surface area contributed by atoms with Gasteiger partial charge in [0.25, 0.3) is 0 Å². The molecular formula is C14H18Cl2N2O3. The summed E-state index contributed by atoms with van der Waals surface area (Å²) in [4.78, 5) is 13.7. The fourth-order valence-corrected chi connectivity index (χ4v) is 2.75. The van der Waals surface area contributed by atoms with Crippen molar-refractivity contribution in [1.29, 1.82) is 0 Å². The van der Waals surface area contributed by atoms with E-state index in [-0.39, 0.29) is 18.8 Å². The van der Waals surface area contributed by atoms with Crippen LogP contribution in [0.5, 0.6) is 0 Å². The van der Waals surface area contributed by atoms with Gasteiger partial charge in [0.1, 0.15) is 6.61 Å². The third kappa shape index (κ3) is 5.04. The largest absolute Gasteiger partial charge is 0.445 e. The molecule has 1 aromatic carbocycles. The second-order valence-electron chi connectivity index (χ2n) is 4.85. The Labute approximate surface area is 133 Å². The monoisotopic (exact) mass is 332 g/mol. The van der Waals surface area contributed by atoms with E-state index < -0.39 is 0 Å². The zero-order valence-corrected chi connectivity index (χ0v) is 13.1. The van der Waals surface area contributed by atoms with Gasteiger partial charge in [-0.05, 0) is 36.7 Å². The molecule has 1 aliphatic rings. The molecule has 1 amide bonds. The number of carbonyl (C=O) groups is 1. The lowest BCUT2D eigenvalue weighted by molar-refractivity contribution is -0.0302. The fourth-order valence-electron chi connectivity index (χ4n) is 2.18. The summed E-state index contributed by atoms with van der Waals surface area (Å²) >= 11 is 11.8. The van der Waals surface area contributed by atoms with Crippen LogP contribution in [0.15, 0.2) is 18.2 Å². The average molecular weight is 333 g/mol. The van der Waals surface area contributed by atoms with Gasteiger partial charge in [-0.2, -0.15) is 0 Å². The zero-order chi connectivity index (χ0) is 15.2. The minimum absolute atomic E-state index is 0.0167. The van der Waals surface area contributed by atoms with Crippen LogP contribution in [0.25, 0.3) is 0 Å². The van der Waals surface area contributed by atoms with Crippen LogP contribution in [0.4, 0.5) is 4.79 Å². The molecule has 2 N–H and O–H groups in total. The number of ether oxygens (including phenoxy) is 2. The van der Waals surface area contributed by atoms with Crippen LogP contribution in [0.1, 0.15) is 12.0 Å². The van der Waals surface area contributed by atoms with E-state index in [1.165, 1.54) is 0 Å². The molecule has 1 fully saturated rings. The number of amides is 1. The van der Waals surface area contributed by atoms with Crippen molar-refractivity contribution in [3.8, 4) is 0 Å². The summed E-state index contributed by atoms with van der Waals surface area (Å²) in [6, 6.07) is 5.07. The van der Waals surface area contributed by atoms with E-state index in [0.29, 0.717) is 36.3 Å². The standard InChI is InChI=1S/C14H18Cl2N2O3/c15-11-5-10(6-12(16)7-11)9-21-14(19)18-3-4-20-13(8-18)1-2-17/h5-7,13H,1-4,8-9,17H2/t13-/m0/s1. The molecule has 1 heterocycles. The Morgan fingerprint density at radius 3 is 2.76 bits per heavy atom. The van der Waals surface area contributed by atoms with Gasteiger partial charge in [0.15, 0.2) is 0 Å². The third-order valence-electron chi connectivity index (χ3n) is 3.17. The Kier molecular flexibility index (Phi) is 6.11. The van der Waals surface area contributed by atoms with E-state index in [4.69, 9.17) is 38.4 Å². The molecule has 0 radical (unpaired) electrons. The van der Waals surface area contributed by atoms with Gasteiger partial charge in [-0.3, -0.25) is 0 Å². The predicted octanol–water partition coefficient (Wildman–Crippen LogP) is 2.68. The van der Waals surface area contributed by atoms with Crippen LogP contribution in [0, 0.1) is 0 Å². The Morgan fingerprint density at radius 1 is 1.38 bits per heavy atom. The highest BCUT2D eigenvalue weighted by Crippen LogP contribution is 2.20. The van der Waals surface area contributed by atoms with Crippen LogP contribution >= 0.6 is 23.2 Å². The first-order valence-corrected chi connectivity index (χ1v) is 7.52. The molecule has 0 aromatic heterocycles. The van der Waals surface area contributed by atoms with Crippen molar-refractivity contribution in [2.45, 2.75) is 19.1 Å². The summed E-state index contributed by atoms with van der Waals surface area (Å²) in [6.07, 6.45) is 0.349. The Morgan fingerprint density at radius 2 is 2.10 bits per heavy atom. The molecule has 0 aliphatic carbocycles. The lowest BCUT2D eigenvalue weighted by Crippen LogP contribution is -2.46. The Hall–Kier alpha value is -1.01. The van der Waals surface area contributed by atoms with Crippen molar-refractivity contribution in [2.75, 3.05) is 26.2 Å². The highest BCUT2D eigenvalue weighted by atomic mass is 35.5. The Balaban J connectivity index is 1.86. The van der Waals surface area contributed by atoms with Crippen molar-refractivity contribution in [1.82, 2.24) is 4.90 Å². The first-order valence-electron chi connectivity index (χ1n) is 6.77. The number of halogens is 2. The Bertz CT molecular complexity index is 477. The summed E-state index contributed by atoms with van der Waals surface area (Å²) in [5, 5.41) is 1.03. The minimum atomic E-state index is -0.364. The molecular weight excluding hydrogens is 315 g/mol. The van der Waals surface area contributed by atoms with E-state index in [0.717, 1.165) is 12.0 Å². The first-order chi connectivity index (χ1) is 10.1. The molecule has 116 valence electrons. The molecule has 0 bridgehead atoms. The summed E-state index contributed by atoms with van der Waals surface area (Å²) in [7, 11) is 0. The minimum Gasteiger partial charge on any atom is -0.445 e. The van der Waals surface area contributed by atoms with E-state index in [1.54, 1.807) is 23.1 Å². The molecule has 21 heavy (non-hydrogen) atoms. The summed E-state index contributed by atoms with van der Waals surface area (Å²) in [5.74, 6) is 0. The highest BCUT2D eigenvalue weighted by Gasteiger charge is 2.24. The summed E-state index contributed by atoms with van der Waals surface area (Å²) in [5.41, 5.74) is 6.26. The molecule has 7 heteroatoms. The van der Waals surface area contributed by atoms with E-state index in [1.807, 2.05) is 0 Å². The maximum absolute atomic E-state index is 12.0. The molecule has 2 rings (SSSR count). The van der Waals surface area contributed by atoms with E-state index in [9.17, 15) is 4.79 Å². The van der Waals surface area contributed by atoms with Crippen molar-refractivity contribution in [2.24, 2.45) is 5.73 Å². The number of benzene rings is 1. The molecule has 5 nitrogen and oxygen atoms in total. The van der Waals surface area contributed by atoms with Gasteiger partial charge in [0.05, 0.1) is 19.3 Å². The molecule has 0 unspecified atom stereocenters. The van der Waals surface area contributed by atoms with Crippen LogP contribution in [0.3, 0.4) is 0 Å². The lowest BCUT2D eigenvalue weighted by Gasteiger charge is -2.32. The van der Waals surface area contributed by atoms with Crippen LogP contribution in [0.2, 0.25) is 10.0 Å². The van der Waals surface area contributed by atoms with Crippen molar-refractivity contribution >= 4 is 29.3 Å². The number of morpholine rings is 1. The maximum Gasteiger partial charge on any atom is 0.410 e. The van der Waals surface area contributed by atoms with Crippen molar-refractivity contribution < 1.29 is 14.3 Å². The maximum atomic E-state index is 12.0. The predicted molar refractivity (Wildman–Crippen MR) is 81.6 cm³/mol. The van der Waals surface area contributed by atoms with Crippen molar-refractivity contribution in [3.63, 3.8) is 0 Å². The SMILES string of the molecule is NCC[C@H]1CN(C(=O)OCc2cc(Cl)cc(Cl)c2)CCO1. The lowest BCUT2D eigenvalue weighted by atomic mass is 10.2. The van der Waals surface area contributed by atoms with E-state index in [2.05, 4.69) is 0 Å². The molecule has 0 spiro atoms. The van der Waals surface area contributed by atoms with Crippen molar-refractivity contribution in [3.05, 3.63) is 33.8 Å². The van der Waals surface area contributed by atoms with Gasteiger partial charge in [-0.1, -0.05) is 23.2 Å². The molecule has 1 aliphatic heterocycles. The second-order valence-corrected chi connectivity index (χ2v) is 5.72. The molecule has 1 aromatic rings. The number of nitrogens with zero attached hydrogens (tertiary/aromatic N) is 1. The number of rotatable bonds is 4. The van der Waals surface area contributed by atoms with Gasteiger partial charge in [0, 0.05) is 16.6 Å².